The molecule has 4 bridgehead atoms. The van der Waals surface area contributed by atoms with E-state index in [0.717, 1.165) is 23.8 Å². The highest BCUT2D eigenvalue weighted by molar-refractivity contribution is 6.06. The molecule has 0 spiro atoms. The van der Waals surface area contributed by atoms with Gasteiger partial charge in [-0.2, -0.15) is 18.4 Å². The minimum atomic E-state index is -4.59. The normalized spacial score (nSPS) is 31.2. The molecule has 4 saturated carbocycles. The maximum atomic E-state index is 13.2. The van der Waals surface area contributed by atoms with Gasteiger partial charge in [-0.1, -0.05) is 12.1 Å². The number of benzene rings is 1. The van der Waals surface area contributed by atoms with Crippen molar-refractivity contribution in [3.63, 3.8) is 0 Å². The van der Waals surface area contributed by atoms with Crippen molar-refractivity contribution in [3.05, 3.63) is 41.6 Å². The van der Waals surface area contributed by atoms with E-state index < -0.39 is 17.6 Å². The summed E-state index contributed by atoms with van der Waals surface area (Å²) < 4.78 is 39.5. The van der Waals surface area contributed by atoms with Gasteiger partial charge >= 0.3 is 6.18 Å². The number of anilines is 1. The molecule has 1 aromatic carbocycles. The molecule has 1 atom stereocenters. The summed E-state index contributed by atoms with van der Waals surface area (Å²) in [4.78, 5) is 12.5. The molecule has 5 rings (SSSR count). The van der Waals surface area contributed by atoms with Crippen molar-refractivity contribution < 1.29 is 18.0 Å². The number of hydrogen-bond acceptors (Lipinski definition) is 3. The SMILES string of the molecule is CC(N/C=C(/C#N)C(=O)Nc1ccccc1C(F)(F)F)C12CC3CC(CC(C3)C1)C2. The van der Waals surface area contributed by atoms with Crippen LogP contribution in [0.1, 0.15) is 51.0 Å². The maximum absolute atomic E-state index is 13.2. The number of halogens is 3. The highest BCUT2D eigenvalue weighted by atomic mass is 19.4. The summed E-state index contributed by atoms with van der Waals surface area (Å²) in [6.45, 7) is 2.09. The molecule has 7 heteroatoms. The van der Waals surface area contributed by atoms with E-state index in [-0.39, 0.29) is 22.7 Å². The van der Waals surface area contributed by atoms with Gasteiger partial charge in [-0.3, -0.25) is 4.79 Å². The summed E-state index contributed by atoms with van der Waals surface area (Å²) in [5, 5.41) is 14.9. The number of nitrogens with zero attached hydrogens (tertiary/aromatic N) is 1. The average Bonchev–Trinajstić information content (AvgIpc) is 2.67. The van der Waals surface area contributed by atoms with E-state index in [0.29, 0.717) is 0 Å². The van der Waals surface area contributed by atoms with E-state index in [4.69, 9.17) is 0 Å². The third-order valence-electron chi connectivity index (χ3n) is 7.33. The molecule has 0 aromatic heterocycles. The predicted octanol–water partition coefficient (Wildman–Crippen LogP) is 5.25. The smallest absolute Gasteiger partial charge is 0.387 e. The molecular weight excluding hydrogens is 391 g/mol. The summed E-state index contributed by atoms with van der Waals surface area (Å²) >= 11 is 0. The van der Waals surface area contributed by atoms with Gasteiger partial charge in [0, 0.05) is 12.2 Å². The van der Waals surface area contributed by atoms with Crippen molar-refractivity contribution in [1.82, 2.24) is 5.32 Å². The minimum Gasteiger partial charge on any atom is -0.387 e. The van der Waals surface area contributed by atoms with Gasteiger partial charge in [0.25, 0.3) is 5.91 Å². The lowest BCUT2D eigenvalue weighted by atomic mass is 9.48. The van der Waals surface area contributed by atoms with Gasteiger partial charge in [0.05, 0.1) is 11.3 Å². The van der Waals surface area contributed by atoms with Crippen molar-refractivity contribution in [1.29, 1.82) is 5.26 Å². The largest absolute Gasteiger partial charge is 0.418 e. The highest BCUT2D eigenvalue weighted by Crippen LogP contribution is 2.61. The highest BCUT2D eigenvalue weighted by Gasteiger charge is 2.53. The number of carbonyl (C=O) groups is 1. The first kappa shape index (κ1) is 20.8. The summed E-state index contributed by atoms with van der Waals surface area (Å²) in [6, 6.07) is 6.67. The molecule has 4 aliphatic rings. The maximum Gasteiger partial charge on any atom is 0.418 e. The van der Waals surface area contributed by atoms with Crippen LogP contribution < -0.4 is 10.6 Å². The van der Waals surface area contributed by atoms with Gasteiger partial charge in [-0.25, -0.2) is 0 Å². The molecule has 1 unspecified atom stereocenters. The van der Waals surface area contributed by atoms with Gasteiger partial charge in [-0.05, 0) is 80.8 Å². The van der Waals surface area contributed by atoms with Crippen molar-refractivity contribution in [2.24, 2.45) is 23.2 Å². The number of amides is 1. The molecule has 2 N–H and O–H groups in total. The van der Waals surface area contributed by atoms with Gasteiger partial charge in [0.2, 0.25) is 0 Å². The number of hydrogen-bond donors (Lipinski definition) is 2. The van der Waals surface area contributed by atoms with Gasteiger partial charge in [0.1, 0.15) is 11.6 Å². The molecule has 0 saturated heterocycles. The van der Waals surface area contributed by atoms with Crippen LogP contribution in [-0.4, -0.2) is 11.9 Å². The zero-order valence-corrected chi connectivity index (χ0v) is 16.9. The number of alkyl halides is 3. The fraction of sp³-hybridized carbons (Fsp3) is 0.565. The molecule has 1 amide bonds. The Bertz CT molecular complexity index is 864. The minimum absolute atomic E-state index is 0.101. The Kier molecular flexibility index (Phi) is 5.29. The van der Waals surface area contributed by atoms with Crippen LogP contribution in [0.25, 0.3) is 0 Å². The molecule has 4 nitrogen and oxygen atoms in total. The monoisotopic (exact) mass is 417 g/mol. The lowest BCUT2D eigenvalue weighted by Crippen LogP contribution is -2.54. The van der Waals surface area contributed by atoms with Crippen LogP contribution in [0.15, 0.2) is 36.0 Å². The second kappa shape index (κ2) is 7.64. The molecule has 4 fully saturated rings. The molecule has 4 aliphatic carbocycles. The molecule has 1 aromatic rings. The Balaban J connectivity index is 1.46. The van der Waals surface area contributed by atoms with E-state index in [1.807, 2.05) is 6.07 Å². The second-order valence-corrected chi connectivity index (χ2v) is 9.34. The zero-order chi connectivity index (χ0) is 21.5. The average molecular weight is 417 g/mol. The molecular formula is C23H26F3N3O. The van der Waals surface area contributed by atoms with Crippen LogP contribution >= 0.6 is 0 Å². The predicted molar refractivity (Wildman–Crippen MR) is 107 cm³/mol. The summed E-state index contributed by atoms with van der Waals surface area (Å²) in [7, 11) is 0. The first-order valence-corrected chi connectivity index (χ1v) is 10.5. The van der Waals surface area contributed by atoms with E-state index in [2.05, 4.69) is 17.6 Å². The third kappa shape index (κ3) is 3.92. The van der Waals surface area contributed by atoms with Gasteiger partial charge in [-0.15, -0.1) is 0 Å². The lowest BCUT2D eigenvalue weighted by molar-refractivity contribution is -0.137. The summed E-state index contributed by atoms with van der Waals surface area (Å²) in [6.07, 6.45) is 4.28. The lowest BCUT2D eigenvalue weighted by Gasteiger charge is -2.59. The van der Waals surface area contributed by atoms with Crippen LogP contribution in [-0.2, 0) is 11.0 Å². The zero-order valence-electron chi connectivity index (χ0n) is 16.9. The Hall–Kier alpha value is -2.49. The molecule has 0 heterocycles. The van der Waals surface area contributed by atoms with Crippen LogP contribution in [0.5, 0.6) is 0 Å². The first-order chi connectivity index (χ1) is 14.2. The molecule has 160 valence electrons. The number of para-hydroxylation sites is 1. The topological polar surface area (TPSA) is 64.9 Å². The Labute approximate surface area is 174 Å². The van der Waals surface area contributed by atoms with Crippen molar-refractivity contribution >= 4 is 11.6 Å². The standard InChI is InChI=1S/C23H26F3N3O/c1-14(22-9-15-6-16(10-22)8-17(7-15)11-22)28-13-18(12-27)21(30)29-20-5-3-2-4-19(20)23(24,25)26/h2-5,13-17,28H,6-11H2,1H3,(H,29,30)/b18-13-. The van der Waals surface area contributed by atoms with E-state index in [1.54, 1.807) is 0 Å². The van der Waals surface area contributed by atoms with Crippen LogP contribution in [0.3, 0.4) is 0 Å². The summed E-state index contributed by atoms with van der Waals surface area (Å²) in [5.41, 5.74) is -1.34. The Morgan fingerprint density at radius 3 is 2.27 bits per heavy atom. The van der Waals surface area contributed by atoms with Crippen LogP contribution in [0, 0.1) is 34.5 Å². The van der Waals surface area contributed by atoms with E-state index in [9.17, 15) is 23.2 Å². The third-order valence-corrected chi connectivity index (χ3v) is 7.33. The fourth-order valence-corrected chi connectivity index (χ4v) is 6.27. The number of nitrogens with one attached hydrogen (secondary N) is 2. The molecule has 0 aliphatic heterocycles. The van der Waals surface area contributed by atoms with Crippen molar-refractivity contribution in [2.75, 3.05) is 5.32 Å². The van der Waals surface area contributed by atoms with Crippen LogP contribution in [0.4, 0.5) is 18.9 Å². The Morgan fingerprint density at radius 1 is 1.17 bits per heavy atom. The number of carbonyl (C=O) groups excluding carboxylic acids is 1. The van der Waals surface area contributed by atoms with Gasteiger partial charge in [0.15, 0.2) is 0 Å². The van der Waals surface area contributed by atoms with Crippen LogP contribution in [0.2, 0.25) is 0 Å². The van der Waals surface area contributed by atoms with Gasteiger partial charge < -0.3 is 10.6 Å². The summed E-state index contributed by atoms with van der Waals surface area (Å²) in [5.74, 6) is 1.49. The fourth-order valence-electron chi connectivity index (χ4n) is 6.27. The molecule has 0 radical (unpaired) electrons. The van der Waals surface area contributed by atoms with E-state index in [1.165, 1.54) is 62.9 Å². The number of rotatable bonds is 5. The van der Waals surface area contributed by atoms with Crippen molar-refractivity contribution in [3.8, 4) is 6.07 Å². The molecule has 30 heavy (non-hydrogen) atoms. The second-order valence-electron chi connectivity index (χ2n) is 9.34. The first-order valence-electron chi connectivity index (χ1n) is 10.5. The quantitative estimate of drug-likeness (QED) is 0.508. The Morgan fingerprint density at radius 2 is 1.73 bits per heavy atom. The van der Waals surface area contributed by atoms with E-state index >= 15 is 0 Å². The van der Waals surface area contributed by atoms with Crippen molar-refractivity contribution in [2.45, 2.75) is 57.7 Å². The number of nitriles is 1.